The minimum Gasteiger partial charge on any atom is -0.347 e. The molecule has 1 atom stereocenters. The number of amides is 2. The summed E-state index contributed by atoms with van der Waals surface area (Å²) in [7, 11) is 3.78. The van der Waals surface area contributed by atoms with Crippen LogP contribution in [0.25, 0.3) is 0 Å². The third kappa shape index (κ3) is 4.61. The van der Waals surface area contributed by atoms with Gasteiger partial charge in [0.15, 0.2) is 0 Å². The van der Waals surface area contributed by atoms with E-state index in [2.05, 4.69) is 10.1 Å². The molecule has 0 spiro atoms. The van der Waals surface area contributed by atoms with Crippen LogP contribution in [0.3, 0.4) is 0 Å². The first-order valence-corrected chi connectivity index (χ1v) is 11.5. The minimum atomic E-state index is -0.0796. The molecule has 2 amide bonds. The lowest BCUT2D eigenvalue weighted by atomic mass is 9.99. The molecule has 1 saturated carbocycles. The van der Waals surface area contributed by atoms with Crippen molar-refractivity contribution < 1.29 is 9.59 Å². The molecule has 9 nitrogen and oxygen atoms in total. The van der Waals surface area contributed by atoms with Gasteiger partial charge in [-0.3, -0.25) is 14.3 Å². The number of carbonyl (C=O) groups is 2. The van der Waals surface area contributed by atoms with Crippen molar-refractivity contribution in [3.63, 3.8) is 0 Å². The van der Waals surface area contributed by atoms with Gasteiger partial charge in [-0.25, -0.2) is 9.97 Å². The maximum absolute atomic E-state index is 13.6. The molecule has 0 N–H and O–H groups in total. The van der Waals surface area contributed by atoms with Gasteiger partial charge in [-0.15, -0.1) is 0 Å². The Morgan fingerprint density at radius 1 is 1.16 bits per heavy atom. The van der Waals surface area contributed by atoms with Crippen LogP contribution in [0, 0.1) is 5.92 Å². The summed E-state index contributed by atoms with van der Waals surface area (Å²) in [6.45, 7) is 7.21. The quantitative estimate of drug-likeness (QED) is 0.626. The molecule has 1 unspecified atom stereocenters. The number of anilines is 1. The summed E-state index contributed by atoms with van der Waals surface area (Å²) >= 11 is 0. The van der Waals surface area contributed by atoms with E-state index in [9.17, 15) is 9.59 Å². The summed E-state index contributed by atoms with van der Waals surface area (Å²) in [4.78, 5) is 41.0. The summed E-state index contributed by atoms with van der Waals surface area (Å²) in [5.74, 6) is 1.00. The van der Waals surface area contributed by atoms with Crippen molar-refractivity contribution in [2.75, 3.05) is 38.6 Å². The number of aromatic nitrogens is 4. The zero-order valence-corrected chi connectivity index (χ0v) is 19.5. The fourth-order valence-corrected chi connectivity index (χ4v) is 4.23. The smallest absolute Gasteiger partial charge is 0.257 e. The first kappa shape index (κ1) is 22.2. The SMILES string of the molecule is CCN(Cc1cnn(CC)c1)C(=O)c1cnc(N(C)C)nc1C1CCN(C(=O)C2CC2)C1. The van der Waals surface area contributed by atoms with E-state index in [1.165, 1.54) is 0 Å². The zero-order chi connectivity index (χ0) is 22.8. The standard InChI is InChI=1S/C23H33N7O2/c1-5-28(13-16-11-25-30(6-2)14-16)22(32)19-12-24-23(27(3)4)26-20(19)18-9-10-29(15-18)21(31)17-7-8-17/h11-12,14,17-18H,5-10,13,15H2,1-4H3. The molecular formula is C23H33N7O2. The first-order valence-electron chi connectivity index (χ1n) is 11.5. The predicted molar refractivity (Wildman–Crippen MR) is 121 cm³/mol. The summed E-state index contributed by atoms with van der Waals surface area (Å²) in [5, 5.41) is 4.32. The highest BCUT2D eigenvalue weighted by atomic mass is 16.2. The van der Waals surface area contributed by atoms with Gasteiger partial charge in [-0.05, 0) is 33.1 Å². The second-order valence-corrected chi connectivity index (χ2v) is 8.93. The molecule has 2 aromatic heterocycles. The highest BCUT2D eigenvalue weighted by Gasteiger charge is 2.38. The number of rotatable bonds is 8. The monoisotopic (exact) mass is 439 g/mol. The normalized spacial score (nSPS) is 18.1. The number of likely N-dealkylation sites (tertiary alicyclic amines) is 1. The Morgan fingerprint density at radius 2 is 1.94 bits per heavy atom. The van der Waals surface area contributed by atoms with Crippen LogP contribution in [-0.4, -0.2) is 75.1 Å². The lowest BCUT2D eigenvalue weighted by Crippen LogP contribution is -2.33. The van der Waals surface area contributed by atoms with Crippen molar-refractivity contribution in [2.24, 2.45) is 5.92 Å². The van der Waals surface area contributed by atoms with Gasteiger partial charge in [-0.2, -0.15) is 5.10 Å². The van der Waals surface area contributed by atoms with Crippen LogP contribution in [0.15, 0.2) is 18.6 Å². The van der Waals surface area contributed by atoms with Gasteiger partial charge in [0.25, 0.3) is 5.91 Å². The third-order valence-electron chi connectivity index (χ3n) is 6.30. The number of carbonyl (C=O) groups excluding carboxylic acids is 2. The van der Waals surface area contributed by atoms with Crippen molar-refractivity contribution in [2.45, 2.75) is 52.1 Å². The number of hydrogen-bond acceptors (Lipinski definition) is 6. The van der Waals surface area contributed by atoms with Gasteiger partial charge in [0.1, 0.15) is 0 Å². The van der Waals surface area contributed by atoms with Crippen LogP contribution in [0.1, 0.15) is 60.6 Å². The van der Waals surface area contributed by atoms with Gasteiger partial charge in [-0.1, -0.05) is 0 Å². The van der Waals surface area contributed by atoms with Gasteiger partial charge in [0.2, 0.25) is 11.9 Å². The molecule has 0 radical (unpaired) electrons. The van der Waals surface area contributed by atoms with Crippen LogP contribution in [0.4, 0.5) is 5.95 Å². The fraction of sp³-hybridized carbons (Fsp3) is 0.609. The van der Waals surface area contributed by atoms with Crippen LogP contribution in [-0.2, 0) is 17.9 Å². The predicted octanol–water partition coefficient (Wildman–Crippen LogP) is 2.15. The summed E-state index contributed by atoms with van der Waals surface area (Å²) in [5.41, 5.74) is 2.28. The number of aryl methyl sites for hydroxylation is 1. The fourth-order valence-electron chi connectivity index (χ4n) is 4.23. The molecule has 0 aromatic carbocycles. The highest BCUT2D eigenvalue weighted by Crippen LogP contribution is 2.35. The van der Waals surface area contributed by atoms with E-state index in [1.807, 2.05) is 54.8 Å². The molecule has 2 aromatic rings. The maximum atomic E-state index is 13.6. The first-order chi connectivity index (χ1) is 15.4. The second kappa shape index (κ2) is 9.26. The molecule has 1 saturated heterocycles. The molecule has 4 rings (SSSR count). The topological polar surface area (TPSA) is 87.5 Å². The number of nitrogens with zero attached hydrogens (tertiary/aromatic N) is 7. The van der Waals surface area contributed by atoms with Crippen molar-refractivity contribution in [3.8, 4) is 0 Å². The Morgan fingerprint density at radius 3 is 2.56 bits per heavy atom. The third-order valence-corrected chi connectivity index (χ3v) is 6.30. The molecule has 3 heterocycles. The van der Waals surface area contributed by atoms with Crippen LogP contribution < -0.4 is 4.90 Å². The van der Waals surface area contributed by atoms with Crippen LogP contribution in [0.5, 0.6) is 0 Å². The Kier molecular flexibility index (Phi) is 6.43. The Labute approximate surface area is 189 Å². The zero-order valence-electron chi connectivity index (χ0n) is 19.5. The van der Waals surface area contributed by atoms with Crippen LogP contribution >= 0.6 is 0 Å². The van der Waals surface area contributed by atoms with E-state index in [4.69, 9.17) is 4.98 Å². The second-order valence-electron chi connectivity index (χ2n) is 8.93. The Bertz CT molecular complexity index is 982. The summed E-state index contributed by atoms with van der Waals surface area (Å²) < 4.78 is 1.86. The average Bonchev–Trinajstić information content (AvgIpc) is 3.35. The summed E-state index contributed by atoms with van der Waals surface area (Å²) in [6, 6.07) is 0. The Balaban J connectivity index is 1.59. The van der Waals surface area contributed by atoms with E-state index < -0.39 is 0 Å². The molecule has 1 aliphatic carbocycles. The van der Waals surface area contributed by atoms with Crippen molar-refractivity contribution in [3.05, 3.63) is 35.4 Å². The van der Waals surface area contributed by atoms with E-state index >= 15 is 0 Å². The Hall–Kier alpha value is -2.97. The minimum absolute atomic E-state index is 0.0416. The molecule has 0 bridgehead atoms. The highest BCUT2D eigenvalue weighted by molar-refractivity contribution is 5.95. The average molecular weight is 440 g/mol. The molecule has 1 aliphatic heterocycles. The molecule has 2 aliphatic rings. The van der Waals surface area contributed by atoms with Crippen molar-refractivity contribution >= 4 is 17.8 Å². The molecule has 9 heteroatoms. The van der Waals surface area contributed by atoms with Gasteiger partial charge in [0, 0.05) is 76.6 Å². The van der Waals surface area contributed by atoms with E-state index in [0.29, 0.717) is 31.1 Å². The molecule has 172 valence electrons. The van der Waals surface area contributed by atoms with E-state index in [0.717, 1.165) is 43.6 Å². The van der Waals surface area contributed by atoms with Gasteiger partial charge < -0.3 is 14.7 Å². The maximum Gasteiger partial charge on any atom is 0.257 e. The van der Waals surface area contributed by atoms with Crippen molar-refractivity contribution in [1.82, 2.24) is 29.5 Å². The molecule has 2 fully saturated rings. The summed E-state index contributed by atoms with van der Waals surface area (Å²) in [6.07, 6.45) is 8.26. The van der Waals surface area contributed by atoms with E-state index in [1.54, 1.807) is 11.1 Å². The van der Waals surface area contributed by atoms with Gasteiger partial charge in [0.05, 0.1) is 17.5 Å². The van der Waals surface area contributed by atoms with E-state index in [-0.39, 0.29) is 23.7 Å². The largest absolute Gasteiger partial charge is 0.347 e. The lowest BCUT2D eigenvalue weighted by Gasteiger charge is -2.24. The van der Waals surface area contributed by atoms with Gasteiger partial charge >= 0.3 is 0 Å². The molecule has 32 heavy (non-hydrogen) atoms. The number of hydrogen-bond donors (Lipinski definition) is 0. The van der Waals surface area contributed by atoms with Crippen LogP contribution in [0.2, 0.25) is 0 Å². The van der Waals surface area contributed by atoms with Crippen molar-refractivity contribution in [1.29, 1.82) is 0 Å². The lowest BCUT2D eigenvalue weighted by molar-refractivity contribution is -0.131. The molecular weight excluding hydrogens is 406 g/mol.